The van der Waals surface area contributed by atoms with E-state index in [4.69, 9.17) is 25.8 Å². The molecule has 0 aromatic heterocycles. The molecule has 1 N–H and O–H groups in total. The first kappa shape index (κ1) is 15.3. The molecule has 4 nitrogen and oxygen atoms in total. The molecule has 0 radical (unpaired) electrons. The minimum Gasteiger partial charge on any atom is -0.492 e. The predicted octanol–water partition coefficient (Wildman–Crippen LogP) is 3.21. The summed E-state index contributed by atoms with van der Waals surface area (Å²) in [5.74, 6) is 2.27. The van der Waals surface area contributed by atoms with Crippen molar-refractivity contribution < 1.29 is 14.2 Å². The van der Waals surface area contributed by atoms with Crippen molar-refractivity contribution in [3.8, 4) is 17.2 Å². The molecule has 0 saturated heterocycles. The molecule has 0 saturated carbocycles. The summed E-state index contributed by atoms with van der Waals surface area (Å²) < 4.78 is 16.5. The highest BCUT2D eigenvalue weighted by Gasteiger charge is 2.33. The largest absolute Gasteiger partial charge is 0.492 e. The third kappa shape index (κ3) is 2.31. The second-order valence-electron chi connectivity index (χ2n) is 5.23. The summed E-state index contributed by atoms with van der Waals surface area (Å²) in [4.78, 5) is 0. The molecule has 1 unspecified atom stereocenters. The van der Waals surface area contributed by atoms with Crippen LogP contribution in [0.1, 0.15) is 31.0 Å². The van der Waals surface area contributed by atoms with Crippen molar-refractivity contribution in [1.29, 1.82) is 0 Å². The van der Waals surface area contributed by atoms with E-state index in [9.17, 15) is 0 Å². The monoisotopic (exact) mass is 299 g/mol. The zero-order valence-electron chi connectivity index (χ0n) is 12.7. The van der Waals surface area contributed by atoms with Crippen LogP contribution in [-0.4, -0.2) is 27.9 Å². The normalized spacial score (nSPS) is 17.9. The summed E-state index contributed by atoms with van der Waals surface area (Å²) in [6.45, 7) is 5.25. The van der Waals surface area contributed by atoms with E-state index in [0.29, 0.717) is 22.4 Å². The van der Waals surface area contributed by atoms with E-state index in [1.165, 1.54) is 0 Å². The Bertz CT molecular complexity index is 503. The Hall–Kier alpha value is -1.13. The molecular weight excluding hydrogens is 278 g/mol. The molecule has 1 aromatic carbocycles. The zero-order chi connectivity index (χ0) is 14.9. The van der Waals surface area contributed by atoms with Gasteiger partial charge in [0.05, 0.1) is 26.4 Å². The van der Waals surface area contributed by atoms with Crippen LogP contribution in [0.15, 0.2) is 0 Å². The third-order valence-electron chi connectivity index (χ3n) is 3.78. The second-order valence-corrected chi connectivity index (χ2v) is 5.61. The molecule has 0 spiro atoms. The van der Waals surface area contributed by atoms with Crippen LogP contribution in [0, 0.1) is 5.92 Å². The lowest BCUT2D eigenvalue weighted by Gasteiger charge is -2.33. The first-order valence-corrected chi connectivity index (χ1v) is 7.18. The summed E-state index contributed by atoms with van der Waals surface area (Å²) in [7, 11) is 4.85. The molecule has 112 valence electrons. The molecule has 1 atom stereocenters. The molecule has 1 aromatic rings. The molecule has 5 heteroatoms. The summed E-state index contributed by atoms with van der Waals surface area (Å²) in [5.41, 5.74) is 2.19. The van der Waals surface area contributed by atoms with E-state index in [2.05, 4.69) is 19.2 Å². The first-order chi connectivity index (χ1) is 9.56. The number of nitrogens with one attached hydrogen (secondary N) is 1. The SMILES string of the molecule is COc1c(Cl)c2c(c(OC)c1OC)CCNC2C(C)C. The van der Waals surface area contributed by atoms with Crippen molar-refractivity contribution in [2.45, 2.75) is 26.3 Å². The Labute approximate surface area is 125 Å². The number of ether oxygens (including phenoxy) is 3. The molecular formula is C15H22ClNO3. The average Bonchev–Trinajstić information content (AvgIpc) is 2.46. The molecule has 0 fully saturated rings. The standard InChI is InChI=1S/C15H22ClNO3/c1-8(2)12-10-9(6-7-17-12)13(18-3)15(20-5)14(19-4)11(10)16/h8,12,17H,6-7H2,1-5H3. The first-order valence-electron chi connectivity index (χ1n) is 6.80. The van der Waals surface area contributed by atoms with E-state index in [1.807, 2.05) is 0 Å². The van der Waals surface area contributed by atoms with Gasteiger partial charge >= 0.3 is 0 Å². The molecule has 0 bridgehead atoms. The van der Waals surface area contributed by atoms with Gasteiger partial charge in [0.1, 0.15) is 0 Å². The molecule has 20 heavy (non-hydrogen) atoms. The smallest absolute Gasteiger partial charge is 0.205 e. The Balaban J connectivity index is 2.75. The van der Waals surface area contributed by atoms with Crippen LogP contribution in [-0.2, 0) is 6.42 Å². The van der Waals surface area contributed by atoms with Crippen LogP contribution in [0.5, 0.6) is 17.2 Å². The van der Waals surface area contributed by atoms with Gasteiger partial charge in [-0.3, -0.25) is 0 Å². The average molecular weight is 300 g/mol. The number of hydrogen-bond donors (Lipinski definition) is 1. The van der Waals surface area contributed by atoms with Gasteiger partial charge in [0.2, 0.25) is 5.75 Å². The van der Waals surface area contributed by atoms with Crippen molar-refractivity contribution in [2.24, 2.45) is 5.92 Å². The van der Waals surface area contributed by atoms with Crippen LogP contribution in [0.25, 0.3) is 0 Å². The minimum atomic E-state index is 0.194. The summed E-state index contributed by atoms with van der Waals surface area (Å²) in [6.07, 6.45) is 0.863. The second kappa shape index (κ2) is 6.10. The van der Waals surface area contributed by atoms with E-state index in [-0.39, 0.29) is 6.04 Å². The fraction of sp³-hybridized carbons (Fsp3) is 0.600. The van der Waals surface area contributed by atoms with Crippen molar-refractivity contribution in [3.63, 3.8) is 0 Å². The highest BCUT2D eigenvalue weighted by molar-refractivity contribution is 6.33. The van der Waals surface area contributed by atoms with Gasteiger partial charge in [0, 0.05) is 11.6 Å². The number of fused-ring (bicyclic) bond motifs is 1. The van der Waals surface area contributed by atoms with Crippen LogP contribution < -0.4 is 19.5 Å². The molecule has 1 heterocycles. The van der Waals surface area contributed by atoms with Crippen LogP contribution in [0.2, 0.25) is 5.02 Å². The van der Waals surface area contributed by atoms with Gasteiger partial charge in [0.15, 0.2) is 11.5 Å². The zero-order valence-corrected chi connectivity index (χ0v) is 13.4. The number of halogens is 1. The van der Waals surface area contributed by atoms with Gasteiger partial charge < -0.3 is 19.5 Å². The Morgan fingerprint density at radius 1 is 1.05 bits per heavy atom. The number of rotatable bonds is 4. The minimum absolute atomic E-state index is 0.194. The lowest BCUT2D eigenvalue weighted by atomic mass is 9.86. The van der Waals surface area contributed by atoms with E-state index in [0.717, 1.165) is 29.8 Å². The predicted molar refractivity (Wildman–Crippen MR) is 80.4 cm³/mol. The molecule has 2 rings (SSSR count). The fourth-order valence-corrected chi connectivity index (χ4v) is 3.29. The van der Waals surface area contributed by atoms with Gasteiger partial charge in [0.25, 0.3) is 0 Å². The van der Waals surface area contributed by atoms with Crippen molar-refractivity contribution in [3.05, 3.63) is 16.1 Å². The van der Waals surface area contributed by atoms with Crippen LogP contribution >= 0.6 is 11.6 Å². The van der Waals surface area contributed by atoms with Gasteiger partial charge in [-0.15, -0.1) is 0 Å². The maximum Gasteiger partial charge on any atom is 0.205 e. The van der Waals surface area contributed by atoms with E-state index >= 15 is 0 Å². The van der Waals surface area contributed by atoms with Crippen LogP contribution in [0.3, 0.4) is 0 Å². The van der Waals surface area contributed by atoms with Crippen molar-refractivity contribution in [2.75, 3.05) is 27.9 Å². The molecule has 1 aliphatic rings. The van der Waals surface area contributed by atoms with Crippen molar-refractivity contribution >= 4 is 11.6 Å². The molecule has 1 aliphatic heterocycles. The maximum atomic E-state index is 6.58. The quantitative estimate of drug-likeness (QED) is 0.927. The molecule has 0 aliphatic carbocycles. The summed E-state index contributed by atoms with van der Waals surface area (Å²) in [6, 6.07) is 0.194. The highest BCUT2D eigenvalue weighted by Crippen LogP contribution is 2.51. The molecule has 0 amide bonds. The van der Waals surface area contributed by atoms with Gasteiger partial charge in [-0.05, 0) is 24.4 Å². The van der Waals surface area contributed by atoms with Gasteiger partial charge in [-0.2, -0.15) is 0 Å². The Morgan fingerprint density at radius 3 is 2.15 bits per heavy atom. The summed E-state index contributed by atoms with van der Waals surface area (Å²) >= 11 is 6.58. The van der Waals surface area contributed by atoms with Crippen molar-refractivity contribution in [1.82, 2.24) is 5.32 Å². The number of methoxy groups -OCH3 is 3. The lowest BCUT2D eigenvalue weighted by molar-refractivity contribution is 0.314. The van der Waals surface area contributed by atoms with Gasteiger partial charge in [-0.1, -0.05) is 25.4 Å². The lowest BCUT2D eigenvalue weighted by Crippen LogP contribution is -2.33. The highest BCUT2D eigenvalue weighted by atomic mass is 35.5. The van der Waals surface area contributed by atoms with E-state index in [1.54, 1.807) is 21.3 Å². The third-order valence-corrected chi connectivity index (χ3v) is 4.15. The van der Waals surface area contributed by atoms with Crippen LogP contribution in [0.4, 0.5) is 0 Å². The Kier molecular flexibility index (Phi) is 4.66. The van der Waals surface area contributed by atoms with E-state index < -0.39 is 0 Å². The Morgan fingerprint density at radius 2 is 1.65 bits per heavy atom. The maximum absolute atomic E-state index is 6.58. The fourth-order valence-electron chi connectivity index (χ4n) is 2.90. The number of benzene rings is 1. The topological polar surface area (TPSA) is 39.7 Å². The summed E-state index contributed by atoms with van der Waals surface area (Å²) in [5, 5.41) is 4.14. The number of hydrogen-bond acceptors (Lipinski definition) is 4. The van der Waals surface area contributed by atoms with Gasteiger partial charge in [-0.25, -0.2) is 0 Å².